The van der Waals surface area contributed by atoms with Gasteiger partial charge in [-0.1, -0.05) is 27.2 Å². The van der Waals surface area contributed by atoms with Crippen molar-refractivity contribution in [2.24, 2.45) is 22.2 Å². The SMILES string of the molecule is CCOC(OCC)C1CCC(C)(C)CC1(O)C12CC(CC)(C1)C2. The Kier molecular flexibility index (Phi) is 4.39. The molecule has 0 amide bonds. The van der Waals surface area contributed by atoms with Gasteiger partial charge in [-0.05, 0) is 63.2 Å². The summed E-state index contributed by atoms with van der Waals surface area (Å²) in [4.78, 5) is 0. The molecule has 0 spiro atoms. The van der Waals surface area contributed by atoms with E-state index >= 15 is 0 Å². The smallest absolute Gasteiger partial charge is 0.163 e. The van der Waals surface area contributed by atoms with Gasteiger partial charge in [0, 0.05) is 24.5 Å². The Morgan fingerprint density at radius 2 is 1.57 bits per heavy atom. The van der Waals surface area contributed by atoms with E-state index in [0.717, 1.165) is 19.3 Å². The molecule has 2 atom stereocenters. The molecule has 3 nitrogen and oxygen atoms in total. The molecule has 0 heterocycles. The standard InChI is InChI=1S/C20H36O3/c1-6-18-12-19(13-18,14-18)20(21)11-17(4,5)10-9-15(20)16(22-7-2)23-8-3/h15-16,21H,6-14H2,1-5H3. The molecule has 4 aliphatic rings. The number of rotatable bonds is 7. The largest absolute Gasteiger partial charge is 0.389 e. The van der Waals surface area contributed by atoms with Crippen LogP contribution in [0.2, 0.25) is 0 Å². The quantitative estimate of drug-likeness (QED) is 0.700. The first-order chi connectivity index (χ1) is 10.8. The maximum absolute atomic E-state index is 12.0. The molecule has 134 valence electrons. The van der Waals surface area contributed by atoms with Crippen molar-refractivity contribution in [1.82, 2.24) is 0 Å². The Labute approximate surface area is 142 Å². The fourth-order valence-electron chi connectivity index (χ4n) is 6.12. The molecule has 0 aromatic heterocycles. The van der Waals surface area contributed by atoms with Crippen LogP contribution in [-0.2, 0) is 9.47 Å². The fraction of sp³-hybridized carbons (Fsp3) is 1.00. The Hall–Kier alpha value is -0.120. The van der Waals surface area contributed by atoms with E-state index < -0.39 is 5.60 Å². The van der Waals surface area contributed by atoms with Crippen LogP contribution in [0.4, 0.5) is 0 Å². The molecule has 23 heavy (non-hydrogen) atoms. The van der Waals surface area contributed by atoms with Crippen LogP contribution in [0.1, 0.15) is 79.6 Å². The fourth-order valence-corrected chi connectivity index (χ4v) is 6.12. The third-order valence-corrected chi connectivity index (χ3v) is 7.29. The Bertz CT molecular complexity index is 418. The van der Waals surface area contributed by atoms with Gasteiger partial charge < -0.3 is 14.6 Å². The molecule has 3 heteroatoms. The maximum atomic E-state index is 12.0. The molecular weight excluding hydrogens is 288 g/mol. The lowest BCUT2D eigenvalue weighted by molar-refractivity contribution is -0.351. The average molecular weight is 325 g/mol. The Morgan fingerprint density at radius 1 is 1.00 bits per heavy atom. The van der Waals surface area contributed by atoms with Crippen molar-refractivity contribution in [3.63, 3.8) is 0 Å². The van der Waals surface area contributed by atoms with E-state index in [1.165, 1.54) is 25.7 Å². The highest BCUT2D eigenvalue weighted by atomic mass is 16.7. The van der Waals surface area contributed by atoms with E-state index in [0.29, 0.717) is 18.6 Å². The molecule has 0 saturated heterocycles. The zero-order valence-electron chi connectivity index (χ0n) is 15.8. The summed E-state index contributed by atoms with van der Waals surface area (Å²) in [6.45, 7) is 12.3. The van der Waals surface area contributed by atoms with Crippen molar-refractivity contribution < 1.29 is 14.6 Å². The van der Waals surface area contributed by atoms with Gasteiger partial charge in [-0.25, -0.2) is 0 Å². The summed E-state index contributed by atoms with van der Waals surface area (Å²) in [5.41, 5.74) is 0.274. The van der Waals surface area contributed by atoms with Crippen molar-refractivity contribution in [2.75, 3.05) is 13.2 Å². The molecule has 0 aliphatic heterocycles. The lowest BCUT2D eigenvalue weighted by Crippen LogP contribution is -2.75. The van der Waals surface area contributed by atoms with Crippen molar-refractivity contribution >= 4 is 0 Å². The van der Waals surface area contributed by atoms with E-state index in [9.17, 15) is 5.11 Å². The van der Waals surface area contributed by atoms with Crippen LogP contribution in [-0.4, -0.2) is 30.2 Å². The highest BCUT2D eigenvalue weighted by Gasteiger charge is 2.76. The lowest BCUT2D eigenvalue weighted by atomic mass is 9.28. The zero-order valence-corrected chi connectivity index (χ0v) is 15.8. The zero-order chi connectivity index (χ0) is 16.9. The third kappa shape index (κ3) is 2.58. The van der Waals surface area contributed by atoms with Gasteiger partial charge in [0.15, 0.2) is 6.29 Å². The number of ether oxygens (including phenoxy) is 2. The van der Waals surface area contributed by atoms with Crippen LogP contribution in [0.5, 0.6) is 0 Å². The van der Waals surface area contributed by atoms with Gasteiger partial charge in [-0.2, -0.15) is 0 Å². The van der Waals surface area contributed by atoms with Crippen LogP contribution < -0.4 is 0 Å². The van der Waals surface area contributed by atoms with E-state index in [-0.39, 0.29) is 23.0 Å². The first kappa shape index (κ1) is 17.7. The van der Waals surface area contributed by atoms with Gasteiger partial charge in [0.1, 0.15) is 0 Å². The summed E-state index contributed by atoms with van der Waals surface area (Å²) in [5.74, 6) is 0.116. The van der Waals surface area contributed by atoms with Gasteiger partial charge in [-0.3, -0.25) is 0 Å². The average Bonchev–Trinajstić information content (AvgIpc) is 2.34. The van der Waals surface area contributed by atoms with E-state index in [4.69, 9.17) is 9.47 Å². The van der Waals surface area contributed by atoms with Crippen molar-refractivity contribution in [2.45, 2.75) is 91.5 Å². The first-order valence-corrected chi connectivity index (χ1v) is 9.71. The second kappa shape index (κ2) is 5.71. The number of aliphatic hydroxyl groups is 1. The third-order valence-electron chi connectivity index (χ3n) is 7.29. The lowest BCUT2D eigenvalue weighted by Gasteiger charge is -2.78. The van der Waals surface area contributed by atoms with Gasteiger partial charge in [0.25, 0.3) is 0 Å². The molecule has 0 aromatic carbocycles. The summed E-state index contributed by atoms with van der Waals surface area (Å²) in [5, 5.41) is 12.0. The van der Waals surface area contributed by atoms with E-state index in [1.807, 2.05) is 13.8 Å². The molecule has 0 radical (unpaired) electrons. The van der Waals surface area contributed by atoms with Gasteiger partial charge in [0.05, 0.1) is 5.60 Å². The topological polar surface area (TPSA) is 38.7 Å². The van der Waals surface area contributed by atoms with E-state index in [1.54, 1.807) is 0 Å². The predicted octanol–water partition coefficient (Wildman–Crippen LogP) is 4.52. The van der Waals surface area contributed by atoms with Crippen LogP contribution in [0, 0.1) is 22.2 Å². The normalized spacial score (nSPS) is 44.7. The second-order valence-corrected chi connectivity index (χ2v) is 9.35. The van der Waals surface area contributed by atoms with E-state index in [2.05, 4.69) is 20.8 Å². The van der Waals surface area contributed by atoms with Gasteiger partial charge in [0.2, 0.25) is 0 Å². The van der Waals surface area contributed by atoms with Gasteiger partial charge in [-0.15, -0.1) is 0 Å². The van der Waals surface area contributed by atoms with Crippen molar-refractivity contribution in [3.05, 3.63) is 0 Å². The van der Waals surface area contributed by atoms with Crippen molar-refractivity contribution in [1.29, 1.82) is 0 Å². The monoisotopic (exact) mass is 324 g/mol. The molecule has 4 rings (SSSR count). The Morgan fingerprint density at radius 3 is 2.04 bits per heavy atom. The predicted molar refractivity (Wildman–Crippen MR) is 92.1 cm³/mol. The van der Waals surface area contributed by atoms with Crippen LogP contribution in [0.15, 0.2) is 0 Å². The minimum absolute atomic E-state index is 0.116. The maximum Gasteiger partial charge on any atom is 0.163 e. The molecule has 1 N–H and O–H groups in total. The number of hydrogen-bond acceptors (Lipinski definition) is 3. The minimum atomic E-state index is -0.624. The molecule has 4 saturated carbocycles. The summed E-state index contributed by atoms with van der Waals surface area (Å²) in [7, 11) is 0. The van der Waals surface area contributed by atoms with Crippen molar-refractivity contribution in [3.8, 4) is 0 Å². The summed E-state index contributed by atoms with van der Waals surface area (Å²) in [6.07, 6.45) is 7.69. The molecule has 4 aliphatic carbocycles. The summed E-state index contributed by atoms with van der Waals surface area (Å²) < 4.78 is 11.9. The minimum Gasteiger partial charge on any atom is -0.389 e. The Balaban J connectivity index is 1.85. The van der Waals surface area contributed by atoms with Gasteiger partial charge >= 0.3 is 0 Å². The van der Waals surface area contributed by atoms with Crippen LogP contribution in [0.25, 0.3) is 0 Å². The summed E-state index contributed by atoms with van der Waals surface area (Å²) in [6, 6.07) is 0. The van der Waals surface area contributed by atoms with Crippen LogP contribution in [0.3, 0.4) is 0 Å². The molecule has 2 unspecified atom stereocenters. The molecule has 0 aromatic rings. The van der Waals surface area contributed by atoms with Crippen LogP contribution >= 0.6 is 0 Å². The second-order valence-electron chi connectivity index (χ2n) is 9.35. The highest BCUT2D eigenvalue weighted by Crippen LogP contribution is 2.81. The highest BCUT2D eigenvalue weighted by molar-refractivity contribution is 5.26. The molecule has 2 bridgehead atoms. The first-order valence-electron chi connectivity index (χ1n) is 9.71. The summed E-state index contributed by atoms with van der Waals surface area (Å²) >= 11 is 0. The molecule has 4 fully saturated rings. The molecular formula is C20H36O3. The number of hydrogen-bond donors (Lipinski definition) is 1.